The number of pyridine rings is 1. The number of oxime groups is 1. The SMILES string of the molecule is Cc1cc(Cl)ccc1C(C/C(=N\O)c1c[nH]c(=O)c(C)c1)c1ccc(C(=O)NCCS(C)(=O)=O)cc1. The highest BCUT2D eigenvalue weighted by molar-refractivity contribution is 7.90. The number of sulfone groups is 1. The number of aromatic nitrogens is 1. The second kappa shape index (κ2) is 11.5. The summed E-state index contributed by atoms with van der Waals surface area (Å²) in [5.74, 6) is -0.754. The molecule has 8 nitrogen and oxygen atoms in total. The Labute approximate surface area is 214 Å². The molecule has 0 spiro atoms. The number of carbonyl (C=O) groups excluding carboxylic acids is 1. The number of benzene rings is 2. The van der Waals surface area contributed by atoms with Crippen LogP contribution in [-0.4, -0.2) is 48.8 Å². The molecule has 1 unspecified atom stereocenters. The summed E-state index contributed by atoms with van der Waals surface area (Å²) in [4.78, 5) is 26.9. The molecule has 0 aliphatic heterocycles. The summed E-state index contributed by atoms with van der Waals surface area (Å²) in [7, 11) is -3.18. The molecule has 3 aromatic rings. The van der Waals surface area contributed by atoms with Crippen molar-refractivity contribution in [3.8, 4) is 0 Å². The standard InChI is InChI=1S/C26H28ClN3O5S/c1-16-13-21(27)8-9-22(16)23(14-24(30-33)20-12-17(2)25(31)29-15-20)18-4-6-19(7-5-18)26(32)28-10-11-36(3,34)35/h4-9,12-13,15,23,33H,10-11,14H2,1-3H3,(H,28,32)(H,29,31)/b30-24+. The fraction of sp³-hybridized carbons (Fsp3) is 0.269. The summed E-state index contributed by atoms with van der Waals surface area (Å²) < 4.78 is 22.6. The minimum Gasteiger partial charge on any atom is -0.411 e. The van der Waals surface area contributed by atoms with E-state index in [0.717, 1.165) is 22.9 Å². The summed E-state index contributed by atoms with van der Waals surface area (Å²) in [6.07, 6.45) is 2.94. The first-order chi connectivity index (χ1) is 17.0. The van der Waals surface area contributed by atoms with Gasteiger partial charge in [0.05, 0.1) is 11.5 Å². The van der Waals surface area contributed by atoms with Crippen LogP contribution in [0.15, 0.2) is 64.7 Å². The Morgan fingerprint density at radius 3 is 2.36 bits per heavy atom. The van der Waals surface area contributed by atoms with Crippen molar-refractivity contribution in [1.29, 1.82) is 0 Å². The molecule has 1 atom stereocenters. The van der Waals surface area contributed by atoms with Gasteiger partial charge in [-0.2, -0.15) is 0 Å². The number of hydrogen-bond donors (Lipinski definition) is 3. The number of aryl methyl sites for hydroxylation is 2. The van der Waals surface area contributed by atoms with Crippen molar-refractivity contribution in [3.63, 3.8) is 0 Å². The highest BCUT2D eigenvalue weighted by Crippen LogP contribution is 2.33. The molecule has 0 aliphatic rings. The molecule has 190 valence electrons. The Hall–Kier alpha value is -3.43. The molecule has 0 fully saturated rings. The van der Waals surface area contributed by atoms with Gasteiger partial charge in [0.15, 0.2) is 0 Å². The topological polar surface area (TPSA) is 129 Å². The minimum absolute atomic E-state index is 0.0287. The van der Waals surface area contributed by atoms with Crippen LogP contribution in [0.25, 0.3) is 0 Å². The monoisotopic (exact) mass is 529 g/mol. The van der Waals surface area contributed by atoms with Crippen molar-refractivity contribution >= 4 is 33.1 Å². The van der Waals surface area contributed by atoms with Crippen LogP contribution in [0, 0.1) is 13.8 Å². The number of H-pyrrole nitrogens is 1. The number of nitrogens with one attached hydrogen (secondary N) is 2. The number of amides is 1. The van der Waals surface area contributed by atoms with Gasteiger partial charge in [-0.25, -0.2) is 8.42 Å². The Kier molecular flexibility index (Phi) is 8.70. The van der Waals surface area contributed by atoms with E-state index in [-0.39, 0.29) is 29.7 Å². The van der Waals surface area contributed by atoms with Crippen molar-refractivity contribution in [2.45, 2.75) is 26.2 Å². The first kappa shape index (κ1) is 27.2. The Morgan fingerprint density at radius 2 is 1.78 bits per heavy atom. The van der Waals surface area contributed by atoms with Crippen molar-refractivity contribution in [2.75, 3.05) is 18.6 Å². The van der Waals surface area contributed by atoms with Gasteiger partial charge in [0.1, 0.15) is 9.84 Å². The first-order valence-corrected chi connectivity index (χ1v) is 13.6. The van der Waals surface area contributed by atoms with Crippen molar-refractivity contribution < 1.29 is 18.4 Å². The van der Waals surface area contributed by atoms with E-state index >= 15 is 0 Å². The third-order valence-corrected chi connectivity index (χ3v) is 7.06. The van der Waals surface area contributed by atoms with Gasteiger partial charge in [-0.3, -0.25) is 9.59 Å². The summed E-state index contributed by atoms with van der Waals surface area (Å²) in [5, 5.41) is 16.6. The van der Waals surface area contributed by atoms with Gasteiger partial charge in [0.25, 0.3) is 11.5 Å². The van der Waals surface area contributed by atoms with Crippen LogP contribution in [0.5, 0.6) is 0 Å². The molecule has 0 radical (unpaired) electrons. The van der Waals surface area contributed by atoms with E-state index in [9.17, 15) is 23.2 Å². The van der Waals surface area contributed by atoms with E-state index in [0.29, 0.717) is 33.8 Å². The van der Waals surface area contributed by atoms with Crippen LogP contribution in [-0.2, 0) is 9.84 Å². The first-order valence-electron chi connectivity index (χ1n) is 11.2. The van der Waals surface area contributed by atoms with Gasteiger partial charge in [-0.15, -0.1) is 0 Å². The number of halogens is 1. The highest BCUT2D eigenvalue weighted by atomic mass is 35.5. The average Bonchev–Trinajstić information content (AvgIpc) is 2.82. The van der Waals surface area contributed by atoms with Gasteiger partial charge in [-0.05, 0) is 60.9 Å². The van der Waals surface area contributed by atoms with Gasteiger partial charge in [-0.1, -0.05) is 35.0 Å². The Bertz CT molecular complexity index is 1450. The maximum Gasteiger partial charge on any atom is 0.251 e. The molecule has 3 rings (SSSR count). The molecule has 1 heterocycles. The van der Waals surface area contributed by atoms with Gasteiger partial charge in [0.2, 0.25) is 0 Å². The molecule has 0 saturated carbocycles. The second-order valence-corrected chi connectivity index (χ2v) is 11.4. The molecular formula is C26H28ClN3O5S. The fourth-order valence-corrected chi connectivity index (χ4v) is 4.63. The fourth-order valence-electron chi connectivity index (χ4n) is 3.93. The van der Waals surface area contributed by atoms with Gasteiger partial charge >= 0.3 is 0 Å². The van der Waals surface area contributed by atoms with E-state index in [1.807, 2.05) is 31.2 Å². The van der Waals surface area contributed by atoms with Crippen molar-refractivity contribution in [2.24, 2.45) is 5.16 Å². The predicted molar refractivity (Wildman–Crippen MR) is 141 cm³/mol. The van der Waals surface area contributed by atoms with Crippen LogP contribution in [0.2, 0.25) is 5.02 Å². The predicted octanol–water partition coefficient (Wildman–Crippen LogP) is 3.82. The zero-order valence-corrected chi connectivity index (χ0v) is 21.8. The number of nitrogens with zero attached hydrogens (tertiary/aromatic N) is 1. The normalized spacial score (nSPS) is 12.8. The summed E-state index contributed by atoms with van der Waals surface area (Å²) in [6.45, 7) is 3.65. The van der Waals surface area contributed by atoms with E-state index in [1.54, 1.807) is 31.2 Å². The zero-order chi connectivity index (χ0) is 26.5. The lowest BCUT2D eigenvalue weighted by atomic mass is 9.83. The molecule has 0 bridgehead atoms. The molecule has 2 aromatic carbocycles. The number of aromatic amines is 1. The second-order valence-electron chi connectivity index (χ2n) is 8.71. The average molecular weight is 530 g/mol. The van der Waals surface area contributed by atoms with Crippen molar-refractivity contribution in [3.05, 3.63) is 103 Å². The lowest BCUT2D eigenvalue weighted by Gasteiger charge is -2.21. The number of rotatable bonds is 9. The van der Waals surface area contributed by atoms with E-state index < -0.39 is 9.84 Å². The maximum absolute atomic E-state index is 12.4. The largest absolute Gasteiger partial charge is 0.411 e. The number of carbonyl (C=O) groups is 1. The molecule has 36 heavy (non-hydrogen) atoms. The van der Waals surface area contributed by atoms with E-state index in [1.165, 1.54) is 6.20 Å². The maximum atomic E-state index is 12.4. The minimum atomic E-state index is -3.18. The third-order valence-electron chi connectivity index (χ3n) is 5.88. The molecule has 1 amide bonds. The smallest absolute Gasteiger partial charge is 0.251 e. The van der Waals surface area contributed by atoms with Crippen molar-refractivity contribution in [1.82, 2.24) is 10.3 Å². The van der Waals surface area contributed by atoms with Gasteiger partial charge < -0.3 is 15.5 Å². The summed E-state index contributed by atoms with van der Waals surface area (Å²) in [5.41, 5.74) is 4.44. The van der Waals surface area contributed by atoms with E-state index in [2.05, 4.69) is 15.5 Å². The lowest BCUT2D eigenvalue weighted by Crippen LogP contribution is -2.28. The van der Waals surface area contributed by atoms with Crippen LogP contribution in [0.1, 0.15) is 50.5 Å². The zero-order valence-electron chi connectivity index (χ0n) is 20.2. The molecule has 3 N–H and O–H groups in total. The number of hydrogen-bond acceptors (Lipinski definition) is 6. The van der Waals surface area contributed by atoms with Gasteiger partial charge in [0, 0.05) is 53.0 Å². The summed E-state index contributed by atoms with van der Waals surface area (Å²) >= 11 is 6.17. The highest BCUT2D eigenvalue weighted by Gasteiger charge is 2.21. The molecule has 10 heteroatoms. The molecule has 0 aliphatic carbocycles. The summed E-state index contributed by atoms with van der Waals surface area (Å²) in [6, 6.07) is 14.2. The van der Waals surface area contributed by atoms with Crippen LogP contribution in [0.3, 0.4) is 0 Å². The lowest BCUT2D eigenvalue weighted by molar-refractivity contribution is 0.0956. The third kappa shape index (κ3) is 7.05. The molecular weight excluding hydrogens is 502 g/mol. The quantitative estimate of drug-likeness (QED) is 0.220. The molecule has 1 aromatic heterocycles. The Morgan fingerprint density at radius 1 is 1.08 bits per heavy atom. The van der Waals surface area contributed by atoms with E-state index in [4.69, 9.17) is 11.6 Å². The van der Waals surface area contributed by atoms with Crippen LogP contribution < -0.4 is 10.9 Å². The van der Waals surface area contributed by atoms with Crippen LogP contribution >= 0.6 is 11.6 Å². The molecule has 0 saturated heterocycles. The van der Waals surface area contributed by atoms with Crippen LogP contribution in [0.4, 0.5) is 0 Å². The Balaban J connectivity index is 1.93.